The summed E-state index contributed by atoms with van der Waals surface area (Å²) in [6, 6.07) is 0. The lowest BCUT2D eigenvalue weighted by atomic mass is 10.1. The van der Waals surface area contributed by atoms with Crippen LogP contribution < -0.4 is 10.2 Å². The second-order valence-corrected chi connectivity index (χ2v) is 6.23. The van der Waals surface area contributed by atoms with Gasteiger partial charge >= 0.3 is 0 Å². The second kappa shape index (κ2) is 6.77. The predicted octanol–water partition coefficient (Wildman–Crippen LogP) is 2.51. The molecule has 2 aromatic rings. The molecule has 6 heteroatoms. The van der Waals surface area contributed by atoms with Crippen LogP contribution >= 0.6 is 11.3 Å². The number of rotatable bonds is 6. The average Bonchev–Trinajstić information content (AvgIpc) is 3.07. The topological polar surface area (TPSA) is 41.8 Å². The van der Waals surface area contributed by atoms with Gasteiger partial charge in [-0.1, -0.05) is 6.92 Å². The molecule has 0 aromatic carbocycles. The quantitative estimate of drug-likeness (QED) is 0.890. The third kappa shape index (κ3) is 3.07. The van der Waals surface area contributed by atoms with Crippen LogP contribution in [0.1, 0.15) is 32.4 Å². The summed E-state index contributed by atoms with van der Waals surface area (Å²) >= 11 is 1.70. The molecule has 0 bridgehead atoms. The van der Waals surface area contributed by atoms with Gasteiger partial charge in [0.05, 0.1) is 11.8 Å². The molecular weight excluding hydrogens is 284 g/mol. The molecule has 0 atom stereocenters. The Labute approximate surface area is 129 Å². The van der Waals surface area contributed by atoms with Crippen molar-refractivity contribution < 1.29 is 4.74 Å². The lowest BCUT2D eigenvalue weighted by Gasteiger charge is -2.32. The Bertz CT molecular complexity index is 571. The standard InChI is InChI=1S/C15H24N4OS/c1-3-16-11-13-14(17-15-19(13)9-10-21-15)18-7-5-12(6-8-18)20-4-2/h9-10,12,16H,3-8,11H2,1-2H3. The number of nitrogens with zero attached hydrogens (tertiary/aromatic N) is 3. The van der Waals surface area contributed by atoms with Crippen LogP contribution in [0.4, 0.5) is 5.82 Å². The third-order valence-corrected chi connectivity index (χ3v) is 4.78. The van der Waals surface area contributed by atoms with Gasteiger partial charge < -0.3 is 15.0 Å². The molecule has 5 nitrogen and oxygen atoms in total. The highest BCUT2D eigenvalue weighted by Gasteiger charge is 2.24. The fourth-order valence-electron chi connectivity index (χ4n) is 2.95. The highest BCUT2D eigenvalue weighted by molar-refractivity contribution is 7.15. The normalized spacial score (nSPS) is 17.0. The summed E-state index contributed by atoms with van der Waals surface area (Å²) in [5.74, 6) is 1.15. The van der Waals surface area contributed by atoms with Crippen LogP contribution in [0.25, 0.3) is 4.96 Å². The minimum absolute atomic E-state index is 0.423. The summed E-state index contributed by atoms with van der Waals surface area (Å²) < 4.78 is 7.96. The molecule has 1 fully saturated rings. The molecule has 1 aliphatic heterocycles. The Kier molecular flexibility index (Phi) is 4.77. The molecular formula is C15H24N4OS. The van der Waals surface area contributed by atoms with Crippen LogP contribution in [-0.4, -0.2) is 41.7 Å². The number of thiazole rings is 1. The molecule has 3 rings (SSSR count). The Morgan fingerprint density at radius 2 is 2.19 bits per heavy atom. The van der Waals surface area contributed by atoms with E-state index in [0.29, 0.717) is 6.10 Å². The number of ether oxygens (including phenoxy) is 1. The molecule has 0 spiro atoms. The van der Waals surface area contributed by atoms with E-state index in [1.54, 1.807) is 11.3 Å². The summed E-state index contributed by atoms with van der Waals surface area (Å²) in [6.45, 7) is 8.95. The van der Waals surface area contributed by atoms with Crippen LogP contribution in [0.3, 0.4) is 0 Å². The van der Waals surface area contributed by atoms with E-state index in [9.17, 15) is 0 Å². The van der Waals surface area contributed by atoms with Gasteiger partial charge in [-0.3, -0.25) is 4.40 Å². The molecule has 0 saturated carbocycles. The SMILES string of the molecule is CCNCc1c(N2CCC(OCC)CC2)nc2sccn12. The molecule has 1 saturated heterocycles. The van der Waals surface area contributed by atoms with Crippen LogP contribution in [0.2, 0.25) is 0 Å². The summed E-state index contributed by atoms with van der Waals surface area (Å²) in [6.07, 6.45) is 4.74. The lowest BCUT2D eigenvalue weighted by Crippen LogP contribution is -2.38. The number of hydrogen-bond acceptors (Lipinski definition) is 5. The van der Waals surface area contributed by atoms with Crippen molar-refractivity contribution >= 4 is 22.1 Å². The minimum atomic E-state index is 0.423. The first kappa shape index (κ1) is 14.8. The fraction of sp³-hybridized carbons (Fsp3) is 0.667. The first-order valence-electron chi connectivity index (χ1n) is 7.85. The van der Waals surface area contributed by atoms with Gasteiger partial charge in [-0.15, -0.1) is 11.3 Å². The number of anilines is 1. The van der Waals surface area contributed by atoms with Crippen molar-refractivity contribution in [2.24, 2.45) is 0 Å². The van der Waals surface area contributed by atoms with Crippen molar-refractivity contribution in [3.8, 4) is 0 Å². The first-order valence-corrected chi connectivity index (χ1v) is 8.73. The van der Waals surface area contributed by atoms with Gasteiger partial charge in [-0.25, -0.2) is 4.98 Å². The number of fused-ring (bicyclic) bond motifs is 1. The third-order valence-electron chi connectivity index (χ3n) is 4.03. The van der Waals surface area contributed by atoms with Gasteiger partial charge in [0.2, 0.25) is 0 Å². The Balaban J connectivity index is 1.78. The van der Waals surface area contributed by atoms with Gasteiger partial charge in [-0.05, 0) is 26.3 Å². The molecule has 0 aliphatic carbocycles. The van der Waals surface area contributed by atoms with Crippen molar-refractivity contribution in [3.63, 3.8) is 0 Å². The highest BCUT2D eigenvalue weighted by atomic mass is 32.1. The average molecular weight is 308 g/mol. The maximum Gasteiger partial charge on any atom is 0.195 e. The molecule has 3 heterocycles. The Morgan fingerprint density at radius 1 is 1.38 bits per heavy atom. The fourth-order valence-corrected chi connectivity index (χ4v) is 3.68. The number of hydrogen-bond donors (Lipinski definition) is 1. The highest BCUT2D eigenvalue weighted by Crippen LogP contribution is 2.27. The van der Waals surface area contributed by atoms with E-state index in [1.165, 1.54) is 5.69 Å². The molecule has 1 N–H and O–H groups in total. The smallest absolute Gasteiger partial charge is 0.195 e. The molecule has 2 aromatic heterocycles. The molecule has 0 radical (unpaired) electrons. The largest absolute Gasteiger partial charge is 0.378 e. The predicted molar refractivity (Wildman–Crippen MR) is 87.3 cm³/mol. The van der Waals surface area contributed by atoms with E-state index in [-0.39, 0.29) is 0 Å². The van der Waals surface area contributed by atoms with E-state index < -0.39 is 0 Å². The number of piperidine rings is 1. The zero-order chi connectivity index (χ0) is 14.7. The van der Waals surface area contributed by atoms with E-state index in [2.05, 4.69) is 40.0 Å². The maximum absolute atomic E-state index is 5.74. The summed E-state index contributed by atoms with van der Waals surface area (Å²) in [4.78, 5) is 8.35. The van der Waals surface area contributed by atoms with E-state index in [0.717, 1.165) is 56.4 Å². The van der Waals surface area contributed by atoms with Gasteiger partial charge in [-0.2, -0.15) is 0 Å². The molecule has 21 heavy (non-hydrogen) atoms. The van der Waals surface area contributed by atoms with E-state index in [1.807, 2.05) is 0 Å². The van der Waals surface area contributed by atoms with Crippen LogP contribution in [0.5, 0.6) is 0 Å². The number of nitrogens with one attached hydrogen (secondary N) is 1. The summed E-state index contributed by atoms with van der Waals surface area (Å²) in [5.41, 5.74) is 1.28. The van der Waals surface area contributed by atoms with Crippen molar-refractivity contribution in [3.05, 3.63) is 17.3 Å². The van der Waals surface area contributed by atoms with Crippen molar-refractivity contribution in [2.75, 3.05) is 31.1 Å². The van der Waals surface area contributed by atoms with E-state index in [4.69, 9.17) is 9.72 Å². The number of imidazole rings is 1. The van der Waals surface area contributed by atoms with Gasteiger partial charge in [0.1, 0.15) is 0 Å². The lowest BCUT2D eigenvalue weighted by molar-refractivity contribution is 0.0458. The molecule has 1 aliphatic rings. The van der Waals surface area contributed by atoms with Crippen LogP contribution in [-0.2, 0) is 11.3 Å². The maximum atomic E-state index is 5.74. The van der Waals surface area contributed by atoms with Gasteiger partial charge in [0, 0.05) is 37.8 Å². The Morgan fingerprint density at radius 3 is 2.90 bits per heavy atom. The van der Waals surface area contributed by atoms with Gasteiger partial charge in [0.25, 0.3) is 0 Å². The zero-order valence-electron chi connectivity index (χ0n) is 12.8. The summed E-state index contributed by atoms with van der Waals surface area (Å²) in [5, 5.41) is 5.53. The van der Waals surface area contributed by atoms with Crippen molar-refractivity contribution in [1.29, 1.82) is 0 Å². The molecule has 116 valence electrons. The minimum Gasteiger partial charge on any atom is -0.378 e. The van der Waals surface area contributed by atoms with Crippen molar-refractivity contribution in [2.45, 2.75) is 39.3 Å². The molecule has 0 amide bonds. The monoisotopic (exact) mass is 308 g/mol. The summed E-state index contributed by atoms with van der Waals surface area (Å²) in [7, 11) is 0. The zero-order valence-corrected chi connectivity index (χ0v) is 13.7. The van der Waals surface area contributed by atoms with E-state index >= 15 is 0 Å². The van der Waals surface area contributed by atoms with Crippen LogP contribution in [0.15, 0.2) is 11.6 Å². The Hall–Kier alpha value is -1.11. The van der Waals surface area contributed by atoms with Crippen LogP contribution in [0, 0.1) is 0 Å². The number of aromatic nitrogens is 2. The molecule has 0 unspecified atom stereocenters. The van der Waals surface area contributed by atoms with Crippen molar-refractivity contribution in [1.82, 2.24) is 14.7 Å². The first-order chi connectivity index (χ1) is 10.3. The second-order valence-electron chi connectivity index (χ2n) is 5.36. The van der Waals surface area contributed by atoms with Gasteiger partial charge in [0.15, 0.2) is 10.8 Å².